The van der Waals surface area contributed by atoms with Gasteiger partial charge in [0.05, 0.1) is 11.8 Å². The van der Waals surface area contributed by atoms with Gasteiger partial charge in [0.1, 0.15) is 0 Å². The minimum Gasteiger partial charge on any atom is -0.481 e. The van der Waals surface area contributed by atoms with Gasteiger partial charge in [-0.05, 0) is 49.9 Å². The van der Waals surface area contributed by atoms with E-state index in [-0.39, 0.29) is 36.6 Å². The van der Waals surface area contributed by atoms with Gasteiger partial charge >= 0.3 is 11.9 Å². The van der Waals surface area contributed by atoms with E-state index >= 15 is 0 Å². The molecule has 8 heteroatoms. The number of carboxylic acid groups (broad SMARTS) is 2. The Morgan fingerprint density at radius 3 is 1.10 bits per heavy atom. The summed E-state index contributed by atoms with van der Waals surface area (Å²) >= 11 is 0. The maximum absolute atomic E-state index is 10.3. The zero-order chi connectivity index (χ0) is 12.9. The lowest BCUT2D eigenvalue weighted by atomic mass is 10.3. The predicted octanol–water partition coefficient (Wildman–Crippen LogP) is -0.0836. The van der Waals surface area contributed by atoms with E-state index in [1.165, 1.54) is 0 Å². The van der Waals surface area contributed by atoms with Gasteiger partial charge in [-0.2, -0.15) is 0 Å². The molecule has 116 valence electrons. The topological polar surface area (TPSA) is 98.7 Å². The van der Waals surface area contributed by atoms with Crippen molar-refractivity contribution in [3.8, 4) is 0 Å². The van der Waals surface area contributed by atoms with Gasteiger partial charge in [0.15, 0.2) is 0 Å². The number of hydrogen-bond acceptors (Lipinski definition) is 4. The van der Waals surface area contributed by atoms with E-state index in [4.69, 9.17) is 10.2 Å². The Hall–Kier alpha value is -0.560. The van der Waals surface area contributed by atoms with E-state index < -0.39 is 11.9 Å². The van der Waals surface area contributed by atoms with E-state index in [9.17, 15) is 9.59 Å². The molecule has 4 N–H and O–H groups in total. The Bertz CT molecular complexity index is 340. The van der Waals surface area contributed by atoms with Gasteiger partial charge in [-0.25, -0.2) is 0 Å². The summed E-state index contributed by atoms with van der Waals surface area (Å²) in [5, 5.41) is 23.3. The highest BCUT2D eigenvalue weighted by Gasteiger charge is 2.57. The van der Waals surface area contributed by atoms with Crippen LogP contribution in [0.4, 0.5) is 0 Å². The number of hydrogen-bond donors (Lipinski definition) is 4. The van der Waals surface area contributed by atoms with Crippen molar-refractivity contribution in [1.29, 1.82) is 0 Å². The first-order valence-corrected chi connectivity index (χ1v) is 6.48. The fourth-order valence-corrected chi connectivity index (χ4v) is 3.57. The zero-order valence-electron chi connectivity index (χ0n) is 10.8. The van der Waals surface area contributed by atoms with Crippen LogP contribution in [0.1, 0.15) is 0 Å². The van der Waals surface area contributed by atoms with Crippen LogP contribution in [0.25, 0.3) is 0 Å². The Labute approximate surface area is 129 Å². The molecule has 2 saturated carbocycles. The van der Waals surface area contributed by atoms with E-state index in [1.807, 2.05) is 0 Å². The molecule has 0 aromatic carbocycles. The van der Waals surface area contributed by atoms with Gasteiger partial charge in [-0.1, -0.05) is 0 Å². The second kappa shape index (κ2) is 6.47. The lowest BCUT2D eigenvalue weighted by Crippen LogP contribution is -2.18. The van der Waals surface area contributed by atoms with Gasteiger partial charge in [-0.15, -0.1) is 24.8 Å². The second-order valence-corrected chi connectivity index (χ2v) is 5.70. The number of aliphatic carboxylic acids is 2. The molecule has 0 spiro atoms. The van der Waals surface area contributed by atoms with E-state index in [0.29, 0.717) is 23.7 Å². The smallest absolute Gasteiger partial charge is 0.307 e. The highest BCUT2D eigenvalue weighted by atomic mass is 35.5. The van der Waals surface area contributed by atoms with E-state index in [0.717, 1.165) is 26.2 Å². The summed E-state index contributed by atoms with van der Waals surface area (Å²) in [5.41, 5.74) is 0. The van der Waals surface area contributed by atoms with Crippen molar-refractivity contribution in [3.63, 3.8) is 0 Å². The molecule has 4 rings (SSSR count). The van der Waals surface area contributed by atoms with Gasteiger partial charge < -0.3 is 20.8 Å². The Morgan fingerprint density at radius 2 is 0.950 bits per heavy atom. The van der Waals surface area contributed by atoms with Crippen LogP contribution < -0.4 is 10.6 Å². The number of piperidine rings is 2. The molecule has 2 saturated heterocycles. The minimum absolute atomic E-state index is 0. The number of halogens is 2. The SMILES string of the molecule is Cl.Cl.O=C(O)C1[C@@H]2CNC[C@@H]12.O=C(O)C1[C@H]2CNC[C@H]12. The second-order valence-electron chi connectivity index (χ2n) is 5.70. The normalized spacial score (nSPS) is 41.8. The lowest BCUT2D eigenvalue weighted by Gasteiger charge is -1.96. The quantitative estimate of drug-likeness (QED) is 0.566. The minimum atomic E-state index is -0.605. The molecule has 0 aromatic rings. The van der Waals surface area contributed by atoms with Crippen molar-refractivity contribution in [2.45, 2.75) is 0 Å². The standard InChI is InChI=1S/2C6H9NO2.2ClH/c2*8-6(9)5-3-1-7-2-4(3)5;;/h2*3-5,7H,1-2H2,(H,8,9);2*1H/t2*3-,4-;;/m10../s1. The monoisotopic (exact) mass is 326 g/mol. The van der Waals surface area contributed by atoms with Gasteiger partial charge in [-0.3, -0.25) is 9.59 Å². The van der Waals surface area contributed by atoms with Crippen LogP contribution in [0.15, 0.2) is 0 Å². The summed E-state index contributed by atoms with van der Waals surface area (Å²) in [5.74, 6) is 0.616. The Morgan fingerprint density at radius 1 is 0.700 bits per heavy atom. The Balaban J connectivity index is 0.000000182. The van der Waals surface area contributed by atoms with Crippen molar-refractivity contribution in [2.24, 2.45) is 35.5 Å². The lowest BCUT2D eigenvalue weighted by molar-refractivity contribution is -0.140. The summed E-state index contributed by atoms with van der Waals surface area (Å²) in [6, 6.07) is 0. The van der Waals surface area contributed by atoms with Crippen LogP contribution in [0.5, 0.6) is 0 Å². The average Bonchev–Trinajstić information content (AvgIpc) is 3.05. The molecule has 4 atom stereocenters. The highest BCUT2D eigenvalue weighted by molar-refractivity contribution is 5.85. The summed E-state index contributed by atoms with van der Waals surface area (Å²) in [6.45, 7) is 3.67. The van der Waals surface area contributed by atoms with Crippen LogP contribution in [0.3, 0.4) is 0 Å². The van der Waals surface area contributed by atoms with Crippen LogP contribution >= 0.6 is 24.8 Å². The summed E-state index contributed by atoms with van der Waals surface area (Å²) in [4.78, 5) is 20.7. The first kappa shape index (κ1) is 17.5. The maximum Gasteiger partial charge on any atom is 0.307 e. The first-order valence-electron chi connectivity index (χ1n) is 6.48. The zero-order valence-corrected chi connectivity index (χ0v) is 12.5. The van der Waals surface area contributed by atoms with Crippen molar-refractivity contribution in [2.75, 3.05) is 26.2 Å². The molecule has 0 aromatic heterocycles. The molecule has 4 aliphatic rings. The van der Waals surface area contributed by atoms with E-state index in [1.54, 1.807) is 0 Å². The number of rotatable bonds is 2. The number of fused-ring (bicyclic) bond motifs is 2. The van der Waals surface area contributed by atoms with Crippen molar-refractivity contribution < 1.29 is 19.8 Å². The van der Waals surface area contributed by atoms with Gasteiger partial charge in [0.2, 0.25) is 0 Å². The highest BCUT2D eigenvalue weighted by Crippen LogP contribution is 2.49. The fourth-order valence-electron chi connectivity index (χ4n) is 3.57. The first-order chi connectivity index (χ1) is 8.61. The number of carboxylic acids is 2. The number of carbonyl (C=O) groups is 2. The van der Waals surface area contributed by atoms with Gasteiger partial charge in [0.25, 0.3) is 0 Å². The van der Waals surface area contributed by atoms with Crippen LogP contribution in [0, 0.1) is 35.5 Å². The Kier molecular flexibility index (Phi) is 5.66. The molecule has 20 heavy (non-hydrogen) atoms. The molecule has 2 heterocycles. The molecule has 0 radical (unpaired) electrons. The van der Waals surface area contributed by atoms with Crippen LogP contribution in [-0.2, 0) is 9.59 Å². The maximum atomic E-state index is 10.3. The molecular weight excluding hydrogens is 307 g/mol. The van der Waals surface area contributed by atoms with Crippen LogP contribution in [0.2, 0.25) is 0 Å². The molecule has 6 nitrogen and oxygen atoms in total. The summed E-state index contributed by atoms with van der Waals surface area (Å²) < 4.78 is 0. The third kappa shape index (κ3) is 3.03. The molecule has 0 bridgehead atoms. The molecule has 0 amide bonds. The molecular formula is C12H20Cl2N2O4. The average molecular weight is 327 g/mol. The molecule has 2 aliphatic heterocycles. The largest absolute Gasteiger partial charge is 0.481 e. The third-order valence-corrected chi connectivity index (χ3v) is 4.75. The summed E-state index contributed by atoms with van der Waals surface area (Å²) in [6.07, 6.45) is 0. The fraction of sp³-hybridized carbons (Fsp3) is 0.833. The predicted molar refractivity (Wildman–Crippen MR) is 76.4 cm³/mol. The van der Waals surface area contributed by atoms with Gasteiger partial charge in [0, 0.05) is 0 Å². The van der Waals surface area contributed by atoms with Crippen LogP contribution in [-0.4, -0.2) is 48.3 Å². The summed E-state index contributed by atoms with van der Waals surface area (Å²) in [7, 11) is 0. The van der Waals surface area contributed by atoms with Crippen molar-refractivity contribution in [3.05, 3.63) is 0 Å². The van der Waals surface area contributed by atoms with E-state index in [2.05, 4.69) is 10.6 Å². The van der Waals surface area contributed by atoms with Crippen molar-refractivity contribution >= 4 is 36.8 Å². The molecule has 4 fully saturated rings. The molecule has 0 unspecified atom stereocenters. The van der Waals surface area contributed by atoms with Crippen molar-refractivity contribution in [1.82, 2.24) is 10.6 Å². The molecule has 2 aliphatic carbocycles. The number of nitrogens with one attached hydrogen (secondary N) is 2. The third-order valence-electron chi connectivity index (χ3n) is 4.75.